The summed E-state index contributed by atoms with van der Waals surface area (Å²) in [5.41, 5.74) is -0.0437. The van der Waals surface area contributed by atoms with Crippen LogP contribution in [0.3, 0.4) is 0 Å². The van der Waals surface area contributed by atoms with Crippen LogP contribution in [0.25, 0.3) is 0 Å². The normalized spacial score (nSPS) is 8.25. The summed E-state index contributed by atoms with van der Waals surface area (Å²) in [5, 5.41) is 8.68. The van der Waals surface area contributed by atoms with E-state index >= 15 is 0 Å². The van der Waals surface area contributed by atoms with Gasteiger partial charge in [0, 0.05) is 6.07 Å². The fourth-order valence-electron chi connectivity index (χ4n) is 0.612. The van der Waals surface area contributed by atoms with Gasteiger partial charge in [-0.2, -0.15) is 0 Å². The average molecular weight is 170 g/mol. The summed E-state index contributed by atoms with van der Waals surface area (Å²) in [6.45, 7) is 4.00. The van der Waals surface area contributed by atoms with Crippen LogP contribution in [0.15, 0.2) is 18.2 Å². The number of benzene rings is 1. The molecule has 0 fully saturated rings. The van der Waals surface area contributed by atoms with Crippen molar-refractivity contribution in [2.75, 3.05) is 0 Å². The van der Waals surface area contributed by atoms with Crippen LogP contribution in [0, 0.1) is 5.82 Å². The van der Waals surface area contributed by atoms with Gasteiger partial charge in [0.1, 0.15) is 11.6 Å². The van der Waals surface area contributed by atoms with Crippen molar-refractivity contribution in [3.8, 4) is 5.75 Å². The average Bonchev–Trinajstić information content (AvgIpc) is 2.08. The largest absolute Gasteiger partial charge is 0.508 e. The van der Waals surface area contributed by atoms with Gasteiger partial charge in [-0.15, -0.1) is 0 Å². The van der Waals surface area contributed by atoms with Gasteiger partial charge < -0.3 is 5.11 Å². The van der Waals surface area contributed by atoms with E-state index < -0.39 is 5.82 Å². The van der Waals surface area contributed by atoms with Crippen molar-refractivity contribution >= 4 is 6.29 Å². The van der Waals surface area contributed by atoms with Crippen molar-refractivity contribution in [2.45, 2.75) is 13.8 Å². The number of aromatic hydroxyl groups is 1. The van der Waals surface area contributed by atoms with E-state index in [1.807, 2.05) is 13.8 Å². The molecule has 0 bridgehead atoms. The molecule has 66 valence electrons. The Hall–Kier alpha value is -1.38. The van der Waals surface area contributed by atoms with Crippen molar-refractivity contribution < 1.29 is 14.3 Å². The zero-order valence-corrected chi connectivity index (χ0v) is 7.04. The van der Waals surface area contributed by atoms with Gasteiger partial charge in [-0.3, -0.25) is 4.79 Å². The van der Waals surface area contributed by atoms with Gasteiger partial charge in [0.05, 0.1) is 5.56 Å². The SMILES string of the molecule is CC.O=Cc1ccc(O)cc1F. The molecule has 0 aliphatic carbocycles. The number of carbonyl (C=O) groups excluding carboxylic acids is 1. The minimum atomic E-state index is -0.699. The minimum Gasteiger partial charge on any atom is -0.508 e. The van der Waals surface area contributed by atoms with Gasteiger partial charge in [-0.05, 0) is 12.1 Å². The Bertz CT molecular complexity index is 259. The lowest BCUT2D eigenvalue weighted by Crippen LogP contribution is -1.84. The maximum absolute atomic E-state index is 12.5. The maximum atomic E-state index is 12.5. The first kappa shape index (κ1) is 10.6. The summed E-state index contributed by atoms with van der Waals surface area (Å²) in [6.07, 6.45) is 0.398. The van der Waals surface area contributed by atoms with Crippen LogP contribution >= 0.6 is 0 Å². The van der Waals surface area contributed by atoms with Crippen LogP contribution in [-0.2, 0) is 0 Å². The molecule has 1 aromatic rings. The first-order valence-corrected chi connectivity index (χ1v) is 3.68. The summed E-state index contributed by atoms with van der Waals surface area (Å²) < 4.78 is 12.5. The van der Waals surface area contributed by atoms with E-state index in [-0.39, 0.29) is 11.3 Å². The summed E-state index contributed by atoms with van der Waals surface area (Å²) in [4.78, 5) is 10.0. The highest BCUT2D eigenvalue weighted by Gasteiger charge is 1.99. The number of phenols is 1. The fourth-order valence-corrected chi connectivity index (χ4v) is 0.612. The number of phenolic OH excluding ortho intramolecular Hbond substituents is 1. The molecule has 3 heteroatoms. The van der Waals surface area contributed by atoms with E-state index in [0.717, 1.165) is 6.07 Å². The second-order valence-corrected chi connectivity index (χ2v) is 1.82. The van der Waals surface area contributed by atoms with Crippen molar-refractivity contribution in [1.29, 1.82) is 0 Å². The van der Waals surface area contributed by atoms with Gasteiger partial charge >= 0.3 is 0 Å². The Balaban J connectivity index is 0.000000561. The third-order valence-electron chi connectivity index (χ3n) is 1.11. The van der Waals surface area contributed by atoms with Crippen molar-refractivity contribution in [1.82, 2.24) is 0 Å². The molecule has 0 saturated carbocycles. The van der Waals surface area contributed by atoms with Crippen molar-refractivity contribution in [2.24, 2.45) is 0 Å². The van der Waals surface area contributed by atoms with E-state index in [0.29, 0.717) is 6.29 Å². The zero-order valence-electron chi connectivity index (χ0n) is 7.04. The monoisotopic (exact) mass is 170 g/mol. The lowest BCUT2D eigenvalue weighted by atomic mass is 10.2. The fraction of sp³-hybridized carbons (Fsp3) is 0.222. The third kappa shape index (κ3) is 2.70. The second-order valence-electron chi connectivity index (χ2n) is 1.82. The van der Waals surface area contributed by atoms with Gasteiger partial charge in [-0.1, -0.05) is 13.8 Å². The molecule has 12 heavy (non-hydrogen) atoms. The third-order valence-corrected chi connectivity index (χ3v) is 1.11. The van der Waals surface area contributed by atoms with E-state index in [4.69, 9.17) is 5.11 Å². The van der Waals surface area contributed by atoms with E-state index in [9.17, 15) is 9.18 Å². The molecule has 0 spiro atoms. The Labute approximate surface area is 70.7 Å². The highest BCUT2D eigenvalue weighted by atomic mass is 19.1. The summed E-state index contributed by atoms with van der Waals surface area (Å²) in [7, 11) is 0. The lowest BCUT2D eigenvalue weighted by Gasteiger charge is -1.93. The number of rotatable bonds is 1. The van der Waals surface area contributed by atoms with Crippen LogP contribution in [0.5, 0.6) is 5.75 Å². The van der Waals surface area contributed by atoms with Gasteiger partial charge in [0.2, 0.25) is 0 Å². The predicted molar refractivity (Wildman–Crippen MR) is 44.8 cm³/mol. The number of hydrogen-bond donors (Lipinski definition) is 1. The molecule has 0 radical (unpaired) electrons. The highest BCUT2D eigenvalue weighted by molar-refractivity contribution is 5.75. The molecule has 0 saturated heterocycles. The molecule has 2 nitrogen and oxygen atoms in total. The Kier molecular flexibility index (Phi) is 4.69. The molecular weight excluding hydrogens is 159 g/mol. The number of carbonyl (C=O) groups is 1. The molecule has 0 atom stereocenters. The summed E-state index contributed by atoms with van der Waals surface area (Å²) in [6, 6.07) is 3.37. The Morgan fingerprint density at radius 1 is 1.42 bits per heavy atom. The molecule has 1 rings (SSSR count). The predicted octanol–water partition coefficient (Wildman–Crippen LogP) is 2.37. The number of hydrogen-bond acceptors (Lipinski definition) is 2. The molecule has 0 aromatic heterocycles. The molecule has 0 amide bonds. The highest BCUT2D eigenvalue weighted by Crippen LogP contribution is 2.12. The molecule has 1 N–H and O–H groups in total. The maximum Gasteiger partial charge on any atom is 0.152 e. The minimum absolute atomic E-state index is 0.0437. The molecule has 0 aliphatic heterocycles. The summed E-state index contributed by atoms with van der Waals surface area (Å²) in [5.74, 6) is -0.877. The summed E-state index contributed by atoms with van der Waals surface area (Å²) >= 11 is 0. The standard InChI is InChI=1S/C7H5FO2.C2H6/c8-7-3-6(10)2-1-5(7)4-9;1-2/h1-4,10H;1-2H3. The molecule has 0 aliphatic rings. The Morgan fingerprint density at radius 2 is 2.00 bits per heavy atom. The number of aldehydes is 1. The topological polar surface area (TPSA) is 37.3 Å². The number of halogens is 1. The molecule has 1 aromatic carbocycles. The molecule has 0 heterocycles. The van der Waals surface area contributed by atoms with Crippen LogP contribution in [-0.4, -0.2) is 11.4 Å². The quantitative estimate of drug-likeness (QED) is 0.657. The zero-order chi connectivity index (χ0) is 9.56. The van der Waals surface area contributed by atoms with Crippen LogP contribution in [0.1, 0.15) is 24.2 Å². The Morgan fingerprint density at radius 3 is 2.42 bits per heavy atom. The first-order chi connectivity index (χ1) is 5.74. The lowest BCUT2D eigenvalue weighted by molar-refractivity contribution is 0.112. The van der Waals surface area contributed by atoms with E-state index in [1.54, 1.807) is 0 Å². The van der Waals surface area contributed by atoms with Crippen LogP contribution in [0.2, 0.25) is 0 Å². The second kappa shape index (κ2) is 5.29. The van der Waals surface area contributed by atoms with Gasteiger partial charge in [0.15, 0.2) is 6.29 Å². The van der Waals surface area contributed by atoms with Gasteiger partial charge in [-0.25, -0.2) is 4.39 Å². The molecule has 0 unspecified atom stereocenters. The van der Waals surface area contributed by atoms with Gasteiger partial charge in [0.25, 0.3) is 0 Å². The van der Waals surface area contributed by atoms with E-state index in [2.05, 4.69) is 0 Å². The van der Waals surface area contributed by atoms with E-state index in [1.165, 1.54) is 12.1 Å². The van der Waals surface area contributed by atoms with Crippen molar-refractivity contribution in [3.63, 3.8) is 0 Å². The first-order valence-electron chi connectivity index (χ1n) is 3.68. The van der Waals surface area contributed by atoms with Crippen molar-refractivity contribution in [3.05, 3.63) is 29.6 Å². The van der Waals surface area contributed by atoms with Crippen LogP contribution < -0.4 is 0 Å². The molecular formula is C9H11FO2. The van der Waals surface area contributed by atoms with Crippen LogP contribution in [0.4, 0.5) is 4.39 Å². The smallest absolute Gasteiger partial charge is 0.152 e.